The number of amides is 1. The number of benzene rings is 1. The van der Waals surface area contributed by atoms with Crippen LogP contribution in [0.2, 0.25) is 0 Å². The molecule has 0 bridgehead atoms. The van der Waals surface area contributed by atoms with Crippen LogP contribution in [0.25, 0.3) is 0 Å². The molecule has 1 atom stereocenters. The Bertz CT molecular complexity index is 406. The van der Waals surface area contributed by atoms with E-state index in [1.165, 1.54) is 6.92 Å². The van der Waals surface area contributed by atoms with E-state index in [2.05, 4.69) is 21.2 Å². The van der Waals surface area contributed by atoms with Crippen molar-refractivity contribution in [3.05, 3.63) is 34.3 Å². The molecule has 1 rings (SSSR count). The topological polar surface area (TPSA) is 66.4 Å². The Morgan fingerprint density at radius 1 is 1.50 bits per heavy atom. The van der Waals surface area contributed by atoms with Gasteiger partial charge in [0.05, 0.1) is 6.42 Å². The Morgan fingerprint density at radius 2 is 2.19 bits per heavy atom. The van der Waals surface area contributed by atoms with Gasteiger partial charge in [0.15, 0.2) is 0 Å². The molecule has 0 spiro atoms. The molecule has 1 amide bonds. The smallest absolute Gasteiger partial charge is 0.325 e. The van der Waals surface area contributed by atoms with Gasteiger partial charge in [0.1, 0.15) is 6.04 Å². The molecule has 1 aromatic carbocycles. The van der Waals surface area contributed by atoms with Crippen LogP contribution in [0.5, 0.6) is 0 Å². The summed E-state index contributed by atoms with van der Waals surface area (Å²) in [7, 11) is 0. The number of nitrogens with one attached hydrogen (secondary N) is 1. The van der Waals surface area contributed by atoms with E-state index >= 15 is 0 Å². The molecular weight excluding hydrogens is 274 g/mol. The second-order valence-electron chi connectivity index (χ2n) is 3.43. The lowest BCUT2D eigenvalue weighted by atomic mass is 10.1. The largest absolute Gasteiger partial charge is 0.480 e. The molecule has 0 fully saturated rings. The highest BCUT2D eigenvalue weighted by Gasteiger charge is 2.13. The van der Waals surface area contributed by atoms with E-state index < -0.39 is 12.0 Å². The second kappa shape index (κ2) is 5.65. The van der Waals surface area contributed by atoms with E-state index in [0.29, 0.717) is 0 Å². The highest BCUT2D eigenvalue weighted by atomic mass is 79.9. The third-order valence-corrected chi connectivity index (χ3v) is 2.49. The van der Waals surface area contributed by atoms with Crippen molar-refractivity contribution < 1.29 is 14.7 Å². The van der Waals surface area contributed by atoms with E-state index in [1.54, 1.807) is 0 Å². The van der Waals surface area contributed by atoms with Crippen molar-refractivity contribution in [3.63, 3.8) is 0 Å². The molecule has 0 heterocycles. The molecule has 2 N–H and O–H groups in total. The minimum absolute atomic E-state index is 0.178. The van der Waals surface area contributed by atoms with Crippen molar-refractivity contribution in [1.82, 2.24) is 5.32 Å². The molecule has 1 aromatic rings. The maximum absolute atomic E-state index is 11.4. The number of carbonyl (C=O) groups is 2. The first-order valence-electron chi connectivity index (χ1n) is 4.75. The lowest BCUT2D eigenvalue weighted by Crippen LogP contribution is -2.39. The average Bonchev–Trinajstić information content (AvgIpc) is 2.16. The van der Waals surface area contributed by atoms with Gasteiger partial charge >= 0.3 is 5.97 Å². The van der Waals surface area contributed by atoms with Gasteiger partial charge in [-0.15, -0.1) is 0 Å². The maximum Gasteiger partial charge on any atom is 0.325 e. The number of halogens is 1. The van der Waals surface area contributed by atoms with Crippen molar-refractivity contribution in [3.8, 4) is 0 Å². The van der Waals surface area contributed by atoms with Crippen LogP contribution >= 0.6 is 15.9 Å². The normalized spacial score (nSPS) is 11.9. The van der Waals surface area contributed by atoms with E-state index in [4.69, 9.17) is 5.11 Å². The van der Waals surface area contributed by atoms with Gasteiger partial charge in [-0.3, -0.25) is 9.59 Å². The zero-order valence-electron chi connectivity index (χ0n) is 8.74. The molecule has 0 saturated carbocycles. The lowest BCUT2D eigenvalue weighted by Gasteiger charge is -2.09. The maximum atomic E-state index is 11.4. The summed E-state index contributed by atoms with van der Waals surface area (Å²) in [4.78, 5) is 22.0. The molecule has 86 valence electrons. The Labute approximate surface area is 102 Å². The van der Waals surface area contributed by atoms with Crippen LogP contribution in [0, 0.1) is 0 Å². The summed E-state index contributed by atoms with van der Waals surface area (Å²) in [6.45, 7) is 1.43. The molecule has 4 nitrogen and oxygen atoms in total. The third-order valence-electron chi connectivity index (χ3n) is 2.00. The first-order chi connectivity index (χ1) is 7.49. The van der Waals surface area contributed by atoms with E-state index in [1.807, 2.05) is 24.3 Å². The van der Waals surface area contributed by atoms with Gasteiger partial charge in [0.25, 0.3) is 0 Å². The van der Waals surface area contributed by atoms with Gasteiger partial charge in [-0.25, -0.2) is 0 Å². The average molecular weight is 286 g/mol. The minimum atomic E-state index is -1.04. The number of carbonyl (C=O) groups excluding carboxylic acids is 1. The molecule has 0 aliphatic rings. The van der Waals surface area contributed by atoms with Crippen molar-refractivity contribution >= 4 is 27.8 Å². The predicted molar refractivity (Wildman–Crippen MR) is 63.1 cm³/mol. The van der Waals surface area contributed by atoms with Gasteiger partial charge in [0, 0.05) is 4.47 Å². The van der Waals surface area contributed by atoms with Crippen molar-refractivity contribution in [2.75, 3.05) is 0 Å². The van der Waals surface area contributed by atoms with Crippen molar-refractivity contribution in [1.29, 1.82) is 0 Å². The fourth-order valence-electron chi connectivity index (χ4n) is 1.19. The Kier molecular flexibility index (Phi) is 4.49. The molecule has 0 saturated heterocycles. The van der Waals surface area contributed by atoms with Crippen LogP contribution in [0.15, 0.2) is 28.7 Å². The van der Waals surface area contributed by atoms with Crippen LogP contribution in [0.1, 0.15) is 12.5 Å². The standard InChI is InChI=1S/C11H12BrNO3/c1-7(11(15)16)13-10(14)6-8-3-2-4-9(12)5-8/h2-5,7H,6H2,1H3,(H,13,14)(H,15,16)/t7-/m1/s1. The number of aliphatic carboxylic acids is 1. The Balaban J connectivity index is 2.55. The van der Waals surface area contributed by atoms with E-state index in [-0.39, 0.29) is 12.3 Å². The van der Waals surface area contributed by atoms with Gasteiger partial charge < -0.3 is 10.4 Å². The van der Waals surface area contributed by atoms with Crippen LogP contribution in [0.4, 0.5) is 0 Å². The fraction of sp³-hybridized carbons (Fsp3) is 0.273. The molecule has 0 radical (unpaired) electrons. The molecule has 16 heavy (non-hydrogen) atoms. The number of hydrogen-bond donors (Lipinski definition) is 2. The van der Waals surface area contributed by atoms with Crippen molar-refractivity contribution in [2.24, 2.45) is 0 Å². The molecule has 5 heteroatoms. The van der Waals surface area contributed by atoms with Crippen LogP contribution < -0.4 is 5.32 Å². The van der Waals surface area contributed by atoms with Gasteiger partial charge in [0.2, 0.25) is 5.91 Å². The summed E-state index contributed by atoms with van der Waals surface area (Å²) >= 11 is 3.30. The number of hydrogen-bond acceptors (Lipinski definition) is 2. The lowest BCUT2D eigenvalue weighted by molar-refractivity contribution is -0.141. The zero-order chi connectivity index (χ0) is 12.1. The van der Waals surface area contributed by atoms with Crippen LogP contribution in [-0.4, -0.2) is 23.0 Å². The van der Waals surface area contributed by atoms with Gasteiger partial charge in [-0.1, -0.05) is 28.1 Å². The monoisotopic (exact) mass is 285 g/mol. The highest BCUT2D eigenvalue weighted by molar-refractivity contribution is 9.10. The molecular formula is C11H12BrNO3. The SMILES string of the molecule is C[C@@H](NC(=O)Cc1cccc(Br)c1)C(=O)O. The zero-order valence-corrected chi connectivity index (χ0v) is 10.3. The fourth-order valence-corrected chi connectivity index (χ4v) is 1.63. The van der Waals surface area contributed by atoms with Crippen LogP contribution in [-0.2, 0) is 16.0 Å². The highest BCUT2D eigenvalue weighted by Crippen LogP contribution is 2.11. The molecule has 0 aliphatic heterocycles. The van der Waals surface area contributed by atoms with Crippen LogP contribution in [0.3, 0.4) is 0 Å². The Morgan fingerprint density at radius 3 is 2.75 bits per heavy atom. The molecule has 0 aliphatic carbocycles. The Hall–Kier alpha value is -1.36. The summed E-state index contributed by atoms with van der Waals surface area (Å²) in [5, 5.41) is 11.0. The predicted octanol–water partition coefficient (Wildman–Crippen LogP) is 1.58. The molecule has 0 aromatic heterocycles. The van der Waals surface area contributed by atoms with Crippen molar-refractivity contribution in [2.45, 2.75) is 19.4 Å². The van der Waals surface area contributed by atoms with E-state index in [0.717, 1.165) is 10.0 Å². The summed E-state index contributed by atoms with van der Waals surface area (Å²) < 4.78 is 0.893. The first-order valence-corrected chi connectivity index (χ1v) is 5.55. The number of carboxylic acid groups (broad SMARTS) is 1. The quantitative estimate of drug-likeness (QED) is 0.883. The third kappa shape index (κ3) is 4.02. The molecule has 0 unspecified atom stereocenters. The van der Waals surface area contributed by atoms with Gasteiger partial charge in [-0.05, 0) is 24.6 Å². The summed E-state index contributed by atoms with van der Waals surface area (Å²) in [6, 6.07) is 6.47. The summed E-state index contributed by atoms with van der Waals surface area (Å²) in [5.74, 6) is -1.34. The number of carboxylic acids is 1. The minimum Gasteiger partial charge on any atom is -0.480 e. The second-order valence-corrected chi connectivity index (χ2v) is 4.35. The summed E-state index contributed by atoms with van der Waals surface area (Å²) in [5.41, 5.74) is 0.837. The first kappa shape index (κ1) is 12.7. The van der Waals surface area contributed by atoms with Gasteiger partial charge in [-0.2, -0.15) is 0 Å². The van der Waals surface area contributed by atoms with E-state index in [9.17, 15) is 9.59 Å². The summed E-state index contributed by atoms with van der Waals surface area (Å²) in [6.07, 6.45) is 0.178. The number of rotatable bonds is 4.